The van der Waals surface area contributed by atoms with Crippen molar-refractivity contribution in [2.75, 3.05) is 13.1 Å². The molecule has 0 aliphatic carbocycles. The smallest absolute Gasteiger partial charge is 0.274 e. The number of carbonyl (C=O) groups is 1. The molecule has 1 aliphatic rings. The zero-order valence-corrected chi connectivity index (χ0v) is 14.7. The number of nitrogens with zero attached hydrogens (tertiary/aromatic N) is 2. The number of aromatic amines is 1. The summed E-state index contributed by atoms with van der Waals surface area (Å²) in [4.78, 5) is 14.7. The molecule has 1 saturated heterocycles. The Balaban J connectivity index is 1.57. The van der Waals surface area contributed by atoms with Crippen molar-refractivity contribution in [2.24, 2.45) is 5.92 Å². The molecule has 0 saturated carbocycles. The van der Waals surface area contributed by atoms with Crippen LogP contribution in [0.25, 0.3) is 0 Å². The summed E-state index contributed by atoms with van der Waals surface area (Å²) in [6.07, 6.45) is 4.54. The van der Waals surface area contributed by atoms with E-state index < -0.39 is 0 Å². The first-order valence-electron chi connectivity index (χ1n) is 9.02. The lowest BCUT2D eigenvalue weighted by molar-refractivity contribution is 0.0662. The third-order valence-corrected chi connectivity index (χ3v) is 4.93. The van der Waals surface area contributed by atoms with Crippen LogP contribution in [-0.2, 0) is 6.42 Å². The van der Waals surface area contributed by atoms with Gasteiger partial charge in [-0.2, -0.15) is 5.10 Å². The Kier molecular flexibility index (Phi) is 5.34. The fraction of sp³-hybridized carbons (Fsp3) is 0.500. The van der Waals surface area contributed by atoms with E-state index in [1.165, 1.54) is 12.0 Å². The predicted octanol–water partition coefficient (Wildman–Crippen LogP) is 4.02. The molecule has 0 bridgehead atoms. The van der Waals surface area contributed by atoms with Gasteiger partial charge in [0.05, 0.1) is 0 Å². The van der Waals surface area contributed by atoms with Crippen molar-refractivity contribution >= 4 is 5.91 Å². The van der Waals surface area contributed by atoms with E-state index in [0.717, 1.165) is 38.0 Å². The molecule has 128 valence electrons. The van der Waals surface area contributed by atoms with Gasteiger partial charge in [0.2, 0.25) is 0 Å². The molecule has 1 aromatic carbocycles. The quantitative estimate of drug-likeness (QED) is 0.902. The number of carbonyl (C=O) groups excluding carboxylic acids is 1. The van der Waals surface area contributed by atoms with Crippen LogP contribution >= 0.6 is 0 Å². The minimum Gasteiger partial charge on any atom is -0.337 e. The van der Waals surface area contributed by atoms with Crippen molar-refractivity contribution in [3.63, 3.8) is 0 Å². The van der Waals surface area contributed by atoms with Crippen LogP contribution in [0, 0.1) is 5.92 Å². The van der Waals surface area contributed by atoms with Gasteiger partial charge in [-0.15, -0.1) is 0 Å². The molecule has 1 aromatic heterocycles. The Bertz CT molecular complexity index is 663. The molecule has 0 unspecified atom stereocenters. The highest BCUT2D eigenvalue weighted by Gasteiger charge is 2.26. The number of likely N-dealkylation sites (tertiary alicyclic amines) is 1. The van der Waals surface area contributed by atoms with Gasteiger partial charge < -0.3 is 4.90 Å². The van der Waals surface area contributed by atoms with Gasteiger partial charge in [0.25, 0.3) is 5.91 Å². The summed E-state index contributed by atoms with van der Waals surface area (Å²) in [6.45, 7) is 5.91. The Morgan fingerprint density at radius 2 is 2.12 bits per heavy atom. The zero-order valence-electron chi connectivity index (χ0n) is 14.7. The molecule has 1 aliphatic heterocycles. The topological polar surface area (TPSA) is 49.0 Å². The van der Waals surface area contributed by atoms with E-state index in [1.54, 1.807) is 0 Å². The highest BCUT2D eigenvalue weighted by atomic mass is 16.2. The minimum atomic E-state index is 0.0718. The second kappa shape index (κ2) is 7.65. The minimum absolute atomic E-state index is 0.0718. The largest absolute Gasteiger partial charge is 0.337 e. The lowest BCUT2D eigenvalue weighted by Gasteiger charge is -2.32. The highest BCUT2D eigenvalue weighted by molar-refractivity contribution is 5.92. The van der Waals surface area contributed by atoms with Gasteiger partial charge in [-0.25, -0.2) is 0 Å². The van der Waals surface area contributed by atoms with Crippen LogP contribution in [0.4, 0.5) is 0 Å². The van der Waals surface area contributed by atoms with E-state index in [1.807, 2.05) is 11.0 Å². The Morgan fingerprint density at radius 3 is 2.83 bits per heavy atom. The van der Waals surface area contributed by atoms with Gasteiger partial charge in [-0.05, 0) is 49.1 Å². The van der Waals surface area contributed by atoms with E-state index in [0.29, 0.717) is 17.5 Å². The van der Waals surface area contributed by atoms with E-state index in [2.05, 4.69) is 54.4 Å². The van der Waals surface area contributed by atoms with Gasteiger partial charge in [-0.1, -0.05) is 44.2 Å². The summed E-state index contributed by atoms with van der Waals surface area (Å²) in [7, 11) is 0. The van der Waals surface area contributed by atoms with Gasteiger partial charge in [0.1, 0.15) is 5.69 Å². The summed E-state index contributed by atoms with van der Waals surface area (Å²) in [5.74, 6) is 1.02. The lowest BCUT2D eigenvalue weighted by atomic mass is 9.91. The van der Waals surface area contributed by atoms with Gasteiger partial charge >= 0.3 is 0 Å². The number of amides is 1. The molecule has 24 heavy (non-hydrogen) atoms. The molecule has 2 heterocycles. The van der Waals surface area contributed by atoms with E-state index >= 15 is 0 Å². The van der Waals surface area contributed by atoms with Crippen LogP contribution in [0.1, 0.15) is 60.8 Å². The first-order chi connectivity index (χ1) is 11.6. The normalized spacial score (nSPS) is 18.1. The van der Waals surface area contributed by atoms with Crippen molar-refractivity contribution in [2.45, 2.75) is 45.4 Å². The molecule has 0 spiro atoms. The number of hydrogen-bond donors (Lipinski definition) is 1. The van der Waals surface area contributed by atoms with Crippen LogP contribution in [0.5, 0.6) is 0 Å². The van der Waals surface area contributed by atoms with Crippen LogP contribution in [0.2, 0.25) is 0 Å². The van der Waals surface area contributed by atoms with Crippen LogP contribution < -0.4 is 0 Å². The molecule has 1 atom stereocenters. The van der Waals surface area contributed by atoms with Crippen LogP contribution in [-0.4, -0.2) is 34.1 Å². The molecule has 4 nitrogen and oxygen atoms in total. The lowest BCUT2D eigenvalue weighted by Crippen LogP contribution is -2.40. The number of aryl methyl sites for hydroxylation is 1. The number of aromatic nitrogens is 2. The molecule has 1 amide bonds. The summed E-state index contributed by atoms with van der Waals surface area (Å²) < 4.78 is 0. The van der Waals surface area contributed by atoms with Crippen LogP contribution in [0.3, 0.4) is 0 Å². The fourth-order valence-electron chi connectivity index (χ4n) is 3.40. The van der Waals surface area contributed by atoms with Crippen LogP contribution in [0.15, 0.2) is 36.4 Å². The Labute approximate surface area is 144 Å². The molecule has 4 heteroatoms. The van der Waals surface area contributed by atoms with Crippen molar-refractivity contribution in [3.05, 3.63) is 53.3 Å². The summed E-state index contributed by atoms with van der Waals surface area (Å²) in [5.41, 5.74) is 2.97. The van der Waals surface area contributed by atoms with Gasteiger partial charge in [0.15, 0.2) is 0 Å². The van der Waals surface area contributed by atoms with Gasteiger partial charge in [0, 0.05) is 18.8 Å². The molecular weight excluding hydrogens is 298 g/mol. The van der Waals surface area contributed by atoms with E-state index in [9.17, 15) is 4.79 Å². The number of piperidine rings is 1. The summed E-state index contributed by atoms with van der Waals surface area (Å²) in [6, 6.07) is 12.5. The number of rotatable bonds is 5. The third-order valence-electron chi connectivity index (χ3n) is 4.93. The molecule has 0 radical (unpaired) electrons. The maximum absolute atomic E-state index is 12.7. The first-order valence-corrected chi connectivity index (χ1v) is 9.02. The van der Waals surface area contributed by atoms with Crippen molar-refractivity contribution in [3.8, 4) is 0 Å². The monoisotopic (exact) mass is 325 g/mol. The Morgan fingerprint density at radius 1 is 1.33 bits per heavy atom. The van der Waals surface area contributed by atoms with Crippen molar-refractivity contribution in [1.82, 2.24) is 15.1 Å². The standard InChI is InChI=1S/C20H27N3O/c1-15(2)18-13-19(22-21-18)20(24)23-12-6-9-17(14-23)11-10-16-7-4-3-5-8-16/h3-5,7-8,13,15,17H,6,9-12,14H2,1-2H3,(H,21,22)/t17-/m1/s1. The second-order valence-electron chi connectivity index (χ2n) is 7.15. The van der Waals surface area contributed by atoms with E-state index in [-0.39, 0.29) is 5.91 Å². The molecule has 1 fully saturated rings. The van der Waals surface area contributed by atoms with Crippen molar-refractivity contribution in [1.29, 1.82) is 0 Å². The predicted molar refractivity (Wildman–Crippen MR) is 96.1 cm³/mol. The first kappa shape index (κ1) is 16.7. The molecule has 2 aromatic rings. The highest BCUT2D eigenvalue weighted by Crippen LogP contribution is 2.23. The maximum Gasteiger partial charge on any atom is 0.274 e. The summed E-state index contributed by atoms with van der Waals surface area (Å²) in [5, 5.41) is 7.20. The number of H-pyrrole nitrogens is 1. The average molecular weight is 325 g/mol. The molecule has 1 N–H and O–H groups in total. The third kappa shape index (κ3) is 4.05. The Hall–Kier alpha value is -2.10. The zero-order chi connectivity index (χ0) is 16.9. The average Bonchev–Trinajstić information content (AvgIpc) is 3.11. The SMILES string of the molecule is CC(C)c1cc(C(=O)N2CCC[C@H](CCc3ccccc3)C2)n[nH]1. The molecular formula is C20H27N3O. The van der Waals surface area contributed by atoms with Gasteiger partial charge in [-0.3, -0.25) is 9.89 Å². The number of benzene rings is 1. The molecule has 3 rings (SSSR count). The maximum atomic E-state index is 12.7. The second-order valence-corrected chi connectivity index (χ2v) is 7.15. The number of hydrogen-bond acceptors (Lipinski definition) is 2. The van der Waals surface area contributed by atoms with E-state index in [4.69, 9.17) is 0 Å². The number of nitrogens with one attached hydrogen (secondary N) is 1. The summed E-state index contributed by atoms with van der Waals surface area (Å²) >= 11 is 0. The van der Waals surface area contributed by atoms with Crippen molar-refractivity contribution < 1.29 is 4.79 Å². The fourth-order valence-corrected chi connectivity index (χ4v) is 3.40.